The maximum atomic E-state index is 12.2. The van der Waals surface area contributed by atoms with Gasteiger partial charge in [-0.05, 0) is 107 Å². The van der Waals surface area contributed by atoms with Crippen LogP contribution in [0.3, 0.4) is 0 Å². The first-order valence-electron chi connectivity index (χ1n) is 17.2. The molecule has 3 N–H and O–H groups in total. The van der Waals surface area contributed by atoms with Gasteiger partial charge in [0, 0.05) is 25.7 Å². The van der Waals surface area contributed by atoms with Gasteiger partial charge in [0.1, 0.15) is 6.54 Å². The van der Waals surface area contributed by atoms with Gasteiger partial charge in [-0.15, -0.1) is 0 Å². The van der Waals surface area contributed by atoms with Crippen molar-refractivity contribution in [1.29, 1.82) is 0 Å². The van der Waals surface area contributed by atoms with E-state index in [2.05, 4.69) is 92.4 Å². The summed E-state index contributed by atoms with van der Waals surface area (Å²) in [6.07, 6.45) is 9.76. The van der Waals surface area contributed by atoms with E-state index in [9.17, 15) is 14.7 Å². The van der Waals surface area contributed by atoms with Crippen molar-refractivity contribution in [2.75, 3.05) is 19.6 Å². The van der Waals surface area contributed by atoms with E-state index in [1.165, 1.54) is 30.0 Å². The van der Waals surface area contributed by atoms with E-state index in [4.69, 9.17) is 5.73 Å². The fraction of sp³-hybridized carbons (Fsp3) is 0.711. The summed E-state index contributed by atoms with van der Waals surface area (Å²) in [5.74, 6) is 0.640. The Labute approximate surface area is 272 Å². The number of carbonyl (C=O) groups excluding carboxylic acids is 2. The number of nitrogens with two attached hydrogens (primary N) is 1. The topological polar surface area (TPSA) is 96.0 Å². The van der Waals surface area contributed by atoms with Crippen molar-refractivity contribution >= 4 is 17.4 Å². The number of hydrogen-bond donors (Lipinski definition) is 2. The van der Waals surface area contributed by atoms with Gasteiger partial charge in [-0.3, -0.25) is 14.6 Å². The fourth-order valence-electron chi connectivity index (χ4n) is 4.73. The molecule has 0 radical (unpaired) electrons. The van der Waals surface area contributed by atoms with Crippen LogP contribution in [0, 0.1) is 26.7 Å². The van der Waals surface area contributed by atoms with Gasteiger partial charge in [-0.25, -0.2) is 0 Å². The quantitative estimate of drug-likeness (QED) is 0.229. The number of hydrogen-bond acceptors (Lipinski definition) is 5. The van der Waals surface area contributed by atoms with E-state index in [1.54, 1.807) is 0 Å². The first kappa shape index (κ1) is 43.7. The lowest BCUT2D eigenvalue weighted by Gasteiger charge is -2.23. The van der Waals surface area contributed by atoms with E-state index in [1.807, 2.05) is 11.8 Å². The molecule has 0 spiro atoms. The molecule has 6 nitrogen and oxygen atoms in total. The van der Waals surface area contributed by atoms with Gasteiger partial charge in [0.2, 0.25) is 5.91 Å². The summed E-state index contributed by atoms with van der Waals surface area (Å²) in [6, 6.07) is 6.38. The van der Waals surface area contributed by atoms with E-state index >= 15 is 0 Å². The molecule has 0 saturated heterocycles. The molecule has 1 fully saturated rings. The van der Waals surface area contributed by atoms with Gasteiger partial charge in [-0.1, -0.05) is 79.5 Å². The molecule has 1 aliphatic rings. The number of aliphatic hydroxyl groups is 1. The summed E-state index contributed by atoms with van der Waals surface area (Å²) in [6.45, 7) is 26.4. The highest BCUT2D eigenvalue weighted by molar-refractivity contribution is 6.09. The van der Waals surface area contributed by atoms with Gasteiger partial charge in [0.15, 0.2) is 5.78 Å². The minimum Gasteiger partial charge on any atom is -0.396 e. The molecular formula is C38H69N3O3. The van der Waals surface area contributed by atoms with Crippen molar-refractivity contribution in [3.8, 4) is 0 Å². The number of benzene rings is 1. The van der Waals surface area contributed by atoms with E-state index in [0.717, 1.165) is 82.2 Å². The highest BCUT2D eigenvalue weighted by Gasteiger charge is 2.21. The molecule has 1 aliphatic carbocycles. The summed E-state index contributed by atoms with van der Waals surface area (Å²) in [5.41, 5.74) is 11.6. The first-order valence-corrected chi connectivity index (χ1v) is 17.2. The Bertz CT molecular complexity index is 982. The Hall–Kier alpha value is -2.47. The standard InChI is InChI=1S/C16H27N3O2.C10H22O.C9H12.C3H8/c1-4-9-19(10-5-2)15(21)11-18-14-8-6-7-13(14)16(17)12(3)20;1-5-7-10(4,11)8-6-9(2)3;1-7-5-4-6-8(2)9(7)3;1-3-2/h4-11,17H2,1-3H3;9,11H,5-8H2,1-4H3;4-6H,1-3H3;3H2,1-2H3/b16-13-,18-14?;;;. The zero-order chi connectivity index (χ0) is 34.3. The summed E-state index contributed by atoms with van der Waals surface area (Å²) in [4.78, 5) is 29.9. The van der Waals surface area contributed by atoms with Crippen molar-refractivity contribution in [2.24, 2.45) is 16.6 Å². The number of aliphatic imine (C=N–C) groups is 1. The number of allylic oxidation sites excluding steroid dienone is 2. The van der Waals surface area contributed by atoms with Gasteiger partial charge in [0.05, 0.1) is 11.3 Å². The third-order valence-electron chi connectivity index (χ3n) is 7.56. The molecule has 1 aromatic rings. The predicted octanol–water partition coefficient (Wildman–Crippen LogP) is 9.06. The molecule has 2 rings (SSSR count). The number of nitrogens with zero attached hydrogens (tertiary/aromatic N) is 2. The van der Waals surface area contributed by atoms with Crippen LogP contribution in [-0.4, -0.2) is 52.6 Å². The molecule has 1 aromatic carbocycles. The minimum absolute atomic E-state index is 0.0545. The van der Waals surface area contributed by atoms with Crippen LogP contribution < -0.4 is 5.73 Å². The second-order valence-electron chi connectivity index (χ2n) is 12.8. The first-order chi connectivity index (χ1) is 20.6. The number of amides is 1. The minimum atomic E-state index is -0.418. The molecule has 44 heavy (non-hydrogen) atoms. The van der Waals surface area contributed by atoms with Crippen LogP contribution in [0.25, 0.3) is 0 Å². The van der Waals surface area contributed by atoms with Crippen molar-refractivity contribution < 1.29 is 14.7 Å². The van der Waals surface area contributed by atoms with Crippen LogP contribution in [0.2, 0.25) is 0 Å². The fourth-order valence-corrected chi connectivity index (χ4v) is 4.73. The van der Waals surface area contributed by atoms with Crippen LogP contribution in [0.1, 0.15) is 143 Å². The Morgan fingerprint density at radius 1 is 0.955 bits per heavy atom. The lowest BCUT2D eigenvalue weighted by molar-refractivity contribution is -0.129. The van der Waals surface area contributed by atoms with E-state index < -0.39 is 5.60 Å². The highest BCUT2D eigenvalue weighted by Crippen LogP contribution is 2.24. The maximum Gasteiger partial charge on any atom is 0.244 e. The van der Waals surface area contributed by atoms with Crippen molar-refractivity contribution in [2.45, 2.75) is 153 Å². The molecule has 1 saturated carbocycles. The third-order valence-corrected chi connectivity index (χ3v) is 7.56. The van der Waals surface area contributed by atoms with E-state index in [0.29, 0.717) is 11.6 Å². The van der Waals surface area contributed by atoms with Gasteiger partial charge in [-0.2, -0.15) is 0 Å². The molecule has 1 amide bonds. The van der Waals surface area contributed by atoms with Crippen molar-refractivity contribution in [1.82, 2.24) is 4.90 Å². The van der Waals surface area contributed by atoms with Gasteiger partial charge < -0.3 is 15.7 Å². The van der Waals surface area contributed by atoms with Crippen LogP contribution in [0.5, 0.6) is 0 Å². The smallest absolute Gasteiger partial charge is 0.244 e. The Morgan fingerprint density at radius 2 is 1.48 bits per heavy atom. The summed E-state index contributed by atoms with van der Waals surface area (Å²) in [7, 11) is 0. The summed E-state index contributed by atoms with van der Waals surface area (Å²) < 4.78 is 0. The van der Waals surface area contributed by atoms with Crippen molar-refractivity contribution in [3.05, 3.63) is 46.2 Å². The van der Waals surface area contributed by atoms with Crippen LogP contribution in [0.15, 0.2) is 34.5 Å². The summed E-state index contributed by atoms with van der Waals surface area (Å²) >= 11 is 0. The van der Waals surface area contributed by atoms with Crippen LogP contribution >= 0.6 is 0 Å². The molecule has 0 aliphatic heterocycles. The van der Waals surface area contributed by atoms with E-state index in [-0.39, 0.29) is 18.2 Å². The second kappa shape index (κ2) is 24.8. The number of carbonyl (C=O) groups is 2. The lowest BCUT2D eigenvalue weighted by Crippen LogP contribution is -2.34. The second-order valence-corrected chi connectivity index (χ2v) is 12.8. The van der Waals surface area contributed by atoms with Gasteiger partial charge >= 0.3 is 0 Å². The number of Topliss-reactive ketones (excluding diaryl/α,β-unsaturated/α-hetero) is 1. The Kier molecular flexibility index (Phi) is 24.6. The zero-order valence-electron chi connectivity index (χ0n) is 30.7. The third kappa shape index (κ3) is 19.7. The molecular weight excluding hydrogens is 546 g/mol. The molecule has 0 heterocycles. The van der Waals surface area contributed by atoms with Gasteiger partial charge in [0.25, 0.3) is 0 Å². The summed E-state index contributed by atoms with van der Waals surface area (Å²) in [5, 5.41) is 9.76. The largest absolute Gasteiger partial charge is 0.396 e. The van der Waals surface area contributed by atoms with Crippen LogP contribution in [0.4, 0.5) is 0 Å². The molecule has 0 aromatic heterocycles. The number of aryl methyl sites for hydroxylation is 2. The number of rotatable bonds is 12. The molecule has 254 valence electrons. The highest BCUT2D eigenvalue weighted by atomic mass is 16.3. The van der Waals surface area contributed by atoms with Crippen molar-refractivity contribution in [3.63, 3.8) is 0 Å². The monoisotopic (exact) mass is 616 g/mol. The molecule has 6 heteroatoms. The zero-order valence-corrected chi connectivity index (χ0v) is 30.7. The lowest BCUT2D eigenvalue weighted by atomic mass is 9.91. The normalized spacial score (nSPS) is 15.6. The number of ketones is 1. The molecule has 0 bridgehead atoms. The average molecular weight is 616 g/mol. The van der Waals surface area contributed by atoms with Crippen LogP contribution in [-0.2, 0) is 9.59 Å². The Morgan fingerprint density at radius 3 is 1.89 bits per heavy atom. The maximum absolute atomic E-state index is 12.2. The Balaban J connectivity index is 0. The molecule has 1 unspecified atom stereocenters. The SMILES string of the molecule is CCC.CCCC(C)(O)CCC(C)C.CCCN(CCC)C(=O)CN=C1CCC/C1=C(/N)C(C)=O.Cc1cccc(C)c1C. The molecule has 1 atom stereocenters. The average Bonchev–Trinajstić information content (AvgIpc) is 3.42. The predicted molar refractivity (Wildman–Crippen MR) is 191 cm³/mol.